The van der Waals surface area contributed by atoms with Crippen LogP contribution in [0.3, 0.4) is 0 Å². The van der Waals surface area contributed by atoms with E-state index in [0.29, 0.717) is 13.1 Å². The smallest absolute Gasteiger partial charge is 0.409 e. The summed E-state index contributed by atoms with van der Waals surface area (Å²) in [5.74, 6) is 0.227. The van der Waals surface area contributed by atoms with Crippen LogP contribution in [0.15, 0.2) is 97.5 Å². The average Bonchev–Trinajstić information content (AvgIpc) is 3.74. The maximum Gasteiger partial charge on any atom is 0.409 e. The van der Waals surface area contributed by atoms with Crippen molar-refractivity contribution in [1.82, 2.24) is 19.0 Å². The molecule has 43 heavy (non-hydrogen) atoms. The van der Waals surface area contributed by atoms with Gasteiger partial charge in [0.25, 0.3) is 0 Å². The standard InChI is InChI=1S/C34H31F2N5O2/c1-38(34(42)43-22-23-5-3-2-4-6-23)17-27-20-39(21-30(27)36)29-11-12-31-26(15-29)19-40-18-25(24-7-9-28(35)10-8-24)16-32(40)33-37-13-14-41(31)33/h2-16,18,27,30H,17,19-22H2,1H3/t27-,30+/m1/s1. The molecule has 1 amide bonds. The normalized spacial score (nSPS) is 17.1. The minimum atomic E-state index is -1.07. The van der Waals surface area contributed by atoms with Crippen molar-refractivity contribution >= 4 is 11.8 Å². The molecule has 9 heteroatoms. The summed E-state index contributed by atoms with van der Waals surface area (Å²) in [6, 6.07) is 24.3. The fourth-order valence-corrected chi connectivity index (χ4v) is 6.10. The van der Waals surface area contributed by atoms with Crippen molar-refractivity contribution in [1.29, 1.82) is 0 Å². The second-order valence-corrected chi connectivity index (χ2v) is 11.3. The molecule has 1 fully saturated rings. The summed E-state index contributed by atoms with van der Waals surface area (Å²) < 4.78 is 38.5. The molecule has 2 aromatic heterocycles. The van der Waals surface area contributed by atoms with Gasteiger partial charge in [0, 0.05) is 69.0 Å². The van der Waals surface area contributed by atoms with Crippen molar-refractivity contribution in [2.24, 2.45) is 5.92 Å². The number of rotatable bonds is 6. The van der Waals surface area contributed by atoms with Gasteiger partial charge in [-0.2, -0.15) is 0 Å². The number of carbonyl (C=O) groups excluding carboxylic acids is 1. The van der Waals surface area contributed by atoms with Crippen molar-refractivity contribution < 1.29 is 18.3 Å². The van der Waals surface area contributed by atoms with E-state index in [4.69, 9.17) is 4.74 Å². The molecule has 2 atom stereocenters. The van der Waals surface area contributed by atoms with Gasteiger partial charge < -0.3 is 19.1 Å². The average molecular weight is 580 g/mol. The maximum absolute atomic E-state index is 15.3. The maximum atomic E-state index is 15.3. The third-order valence-corrected chi connectivity index (χ3v) is 8.36. The minimum Gasteiger partial charge on any atom is -0.445 e. The number of carbonyl (C=O) groups is 1. The SMILES string of the molecule is CN(C[C@@H]1CN(c2ccc3c(c2)Cn2cc(-c4ccc(F)cc4)cc2-c2nccn2-3)C[C@@H]1F)C(=O)OCc1ccccc1. The molecule has 0 aliphatic carbocycles. The van der Waals surface area contributed by atoms with Crippen LogP contribution in [-0.2, 0) is 17.9 Å². The van der Waals surface area contributed by atoms with Crippen molar-refractivity contribution in [3.05, 3.63) is 114 Å². The molecular weight excluding hydrogens is 548 g/mol. The lowest BCUT2D eigenvalue weighted by atomic mass is 10.1. The molecule has 2 aliphatic rings. The molecule has 0 spiro atoms. The van der Waals surface area contributed by atoms with Gasteiger partial charge in [0.1, 0.15) is 18.6 Å². The van der Waals surface area contributed by atoms with Crippen LogP contribution in [0.25, 0.3) is 28.3 Å². The fraction of sp³-hybridized carbons (Fsp3) is 0.235. The molecule has 3 aromatic carbocycles. The van der Waals surface area contributed by atoms with Gasteiger partial charge in [-0.3, -0.25) is 4.57 Å². The van der Waals surface area contributed by atoms with Gasteiger partial charge in [0.15, 0.2) is 5.82 Å². The van der Waals surface area contributed by atoms with E-state index in [2.05, 4.69) is 43.4 Å². The summed E-state index contributed by atoms with van der Waals surface area (Å²) in [5, 5.41) is 0. The Kier molecular flexibility index (Phi) is 6.93. The lowest BCUT2D eigenvalue weighted by Crippen LogP contribution is -2.35. The number of amides is 1. The number of aromatic nitrogens is 3. The van der Waals surface area contributed by atoms with Crippen molar-refractivity contribution in [2.45, 2.75) is 19.3 Å². The van der Waals surface area contributed by atoms with Gasteiger partial charge in [0.2, 0.25) is 0 Å². The molecule has 0 radical (unpaired) electrons. The largest absolute Gasteiger partial charge is 0.445 e. The Morgan fingerprint density at radius 2 is 1.84 bits per heavy atom. The highest BCUT2D eigenvalue weighted by molar-refractivity contribution is 5.72. The summed E-state index contributed by atoms with van der Waals surface area (Å²) in [6.07, 6.45) is 4.27. The lowest BCUT2D eigenvalue weighted by Gasteiger charge is -2.23. The monoisotopic (exact) mass is 579 g/mol. The number of imidazole rings is 1. The topological polar surface area (TPSA) is 55.5 Å². The zero-order valence-electron chi connectivity index (χ0n) is 23.7. The van der Waals surface area contributed by atoms with Crippen LogP contribution in [0.5, 0.6) is 0 Å². The molecule has 218 valence electrons. The van der Waals surface area contributed by atoms with Crippen molar-refractivity contribution in [2.75, 3.05) is 31.6 Å². The Morgan fingerprint density at radius 3 is 2.65 bits per heavy atom. The second kappa shape index (κ2) is 11.1. The summed E-state index contributed by atoms with van der Waals surface area (Å²) >= 11 is 0. The van der Waals surface area contributed by atoms with Crippen LogP contribution >= 0.6 is 0 Å². The quantitative estimate of drug-likeness (QED) is 0.225. The Labute approximate surface area is 248 Å². The zero-order valence-corrected chi connectivity index (χ0v) is 23.7. The molecule has 7 rings (SSSR count). The third-order valence-electron chi connectivity index (χ3n) is 8.36. The van der Waals surface area contributed by atoms with E-state index in [0.717, 1.165) is 45.1 Å². The number of hydrogen-bond acceptors (Lipinski definition) is 4. The Morgan fingerprint density at radius 1 is 1.02 bits per heavy atom. The number of nitrogens with zero attached hydrogens (tertiary/aromatic N) is 5. The minimum absolute atomic E-state index is 0.183. The summed E-state index contributed by atoms with van der Waals surface area (Å²) in [4.78, 5) is 20.8. The predicted molar refractivity (Wildman–Crippen MR) is 161 cm³/mol. The van der Waals surface area contributed by atoms with Crippen LogP contribution in [0.2, 0.25) is 0 Å². The number of hydrogen-bond donors (Lipinski definition) is 0. The summed E-state index contributed by atoms with van der Waals surface area (Å²) in [7, 11) is 1.66. The second-order valence-electron chi connectivity index (χ2n) is 11.3. The summed E-state index contributed by atoms with van der Waals surface area (Å²) in [6.45, 7) is 1.82. The predicted octanol–water partition coefficient (Wildman–Crippen LogP) is 6.55. The fourth-order valence-electron chi connectivity index (χ4n) is 6.10. The Hall–Kier alpha value is -4.92. The number of benzene rings is 3. The molecule has 2 aliphatic heterocycles. The van der Waals surface area contributed by atoms with Gasteiger partial charge in [-0.05, 0) is 53.1 Å². The zero-order chi connectivity index (χ0) is 29.5. The lowest BCUT2D eigenvalue weighted by molar-refractivity contribution is 0.0959. The van der Waals surface area contributed by atoms with Gasteiger partial charge >= 0.3 is 6.09 Å². The van der Waals surface area contributed by atoms with Gasteiger partial charge in [-0.25, -0.2) is 18.6 Å². The van der Waals surface area contributed by atoms with E-state index < -0.39 is 12.3 Å². The van der Waals surface area contributed by atoms with E-state index in [1.165, 1.54) is 17.0 Å². The van der Waals surface area contributed by atoms with Crippen LogP contribution in [0.4, 0.5) is 19.3 Å². The van der Waals surface area contributed by atoms with E-state index in [1.54, 1.807) is 25.4 Å². The molecule has 0 N–H and O–H groups in total. The first-order chi connectivity index (χ1) is 20.9. The van der Waals surface area contributed by atoms with Crippen LogP contribution in [0, 0.1) is 11.7 Å². The first kappa shape index (κ1) is 26.9. The molecule has 0 saturated carbocycles. The molecule has 4 heterocycles. The molecule has 0 unspecified atom stereocenters. The van der Waals surface area contributed by atoms with Gasteiger partial charge in [-0.1, -0.05) is 42.5 Å². The number of halogens is 2. The number of fused-ring (bicyclic) bond motifs is 5. The van der Waals surface area contributed by atoms with Gasteiger partial charge in [0.05, 0.1) is 11.4 Å². The molecule has 7 nitrogen and oxygen atoms in total. The van der Waals surface area contributed by atoms with Crippen LogP contribution in [-0.4, -0.2) is 58.0 Å². The number of anilines is 1. The van der Waals surface area contributed by atoms with Gasteiger partial charge in [-0.15, -0.1) is 0 Å². The molecule has 1 saturated heterocycles. The Balaban J connectivity index is 1.08. The Bertz CT molecular complexity index is 1770. The first-order valence-electron chi connectivity index (χ1n) is 14.4. The highest BCUT2D eigenvalue weighted by Crippen LogP contribution is 2.36. The van der Waals surface area contributed by atoms with Crippen molar-refractivity contribution in [3.8, 4) is 28.3 Å². The molecule has 5 aromatic rings. The van der Waals surface area contributed by atoms with Crippen LogP contribution in [0.1, 0.15) is 11.1 Å². The highest BCUT2D eigenvalue weighted by Gasteiger charge is 2.35. The third kappa shape index (κ3) is 5.27. The molecule has 0 bridgehead atoms. The molecular formula is C34H31F2N5O2. The van der Waals surface area contributed by atoms with Crippen molar-refractivity contribution in [3.63, 3.8) is 0 Å². The van der Waals surface area contributed by atoms with E-state index in [9.17, 15) is 9.18 Å². The number of alkyl halides is 1. The van der Waals surface area contributed by atoms with Crippen LogP contribution < -0.4 is 4.90 Å². The summed E-state index contributed by atoms with van der Waals surface area (Å²) in [5.41, 5.74) is 6.83. The highest BCUT2D eigenvalue weighted by atomic mass is 19.1. The number of ether oxygens (including phenoxy) is 1. The van der Waals surface area contributed by atoms with E-state index in [-0.39, 0.29) is 31.4 Å². The first-order valence-corrected chi connectivity index (χ1v) is 14.4. The van der Waals surface area contributed by atoms with E-state index in [1.807, 2.05) is 42.6 Å². The van der Waals surface area contributed by atoms with E-state index >= 15 is 4.39 Å².